The first-order valence-electron chi connectivity index (χ1n) is 5.09. The minimum absolute atomic E-state index is 0.197. The Balaban J connectivity index is 2.54. The van der Waals surface area contributed by atoms with Crippen LogP contribution in [0.15, 0.2) is 29.4 Å². The van der Waals surface area contributed by atoms with E-state index in [1.54, 1.807) is 11.8 Å². The molecule has 5 nitrogen and oxygen atoms in total. The number of hydrogen-bond donors (Lipinski definition) is 1. The zero-order valence-corrected chi connectivity index (χ0v) is 10.1. The number of nitrogens with zero attached hydrogens (tertiary/aromatic N) is 4. The van der Waals surface area contributed by atoms with Gasteiger partial charge in [-0.3, -0.25) is 0 Å². The van der Waals surface area contributed by atoms with Crippen LogP contribution in [0.1, 0.15) is 12.5 Å². The monoisotopic (exact) mass is 245 g/mol. The molecular formula is C11H11N5S. The molecule has 0 fully saturated rings. The highest BCUT2D eigenvalue weighted by Gasteiger charge is 2.10. The van der Waals surface area contributed by atoms with Crippen LogP contribution in [-0.4, -0.2) is 20.5 Å². The maximum absolute atomic E-state index is 9.24. The zero-order valence-electron chi connectivity index (χ0n) is 9.29. The molecule has 0 spiro atoms. The molecule has 6 heteroatoms. The lowest BCUT2D eigenvalue weighted by Gasteiger charge is -2.07. The highest BCUT2D eigenvalue weighted by atomic mass is 32.2. The van der Waals surface area contributed by atoms with E-state index in [2.05, 4.69) is 16.2 Å². The minimum atomic E-state index is 0.197. The Kier molecular flexibility index (Phi) is 3.30. The summed E-state index contributed by atoms with van der Waals surface area (Å²) in [6, 6.07) is 7.85. The summed E-state index contributed by atoms with van der Waals surface area (Å²) in [7, 11) is 0. The molecule has 0 amide bonds. The number of nitrogens with two attached hydrogens (primary N) is 1. The third-order valence-corrected chi connectivity index (χ3v) is 3.11. The Morgan fingerprint density at radius 3 is 2.94 bits per heavy atom. The molecule has 0 atom stereocenters. The van der Waals surface area contributed by atoms with Gasteiger partial charge in [-0.25, -0.2) is 9.67 Å². The van der Waals surface area contributed by atoms with Crippen LogP contribution >= 0.6 is 11.8 Å². The van der Waals surface area contributed by atoms with Gasteiger partial charge in [0.15, 0.2) is 0 Å². The maximum Gasteiger partial charge on any atom is 0.239 e. The minimum Gasteiger partial charge on any atom is -0.366 e. The average molecular weight is 245 g/mol. The van der Waals surface area contributed by atoms with Crippen LogP contribution in [0.5, 0.6) is 0 Å². The van der Waals surface area contributed by atoms with Crippen molar-refractivity contribution in [2.75, 3.05) is 11.5 Å². The normalized spacial score (nSPS) is 10.1. The third kappa shape index (κ3) is 2.24. The van der Waals surface area contributed by atoms with Crippen LogP contribution in [0, 0.1) is 11.3 Å². The van der Waals surface area contributed by atoms with Crippen molar-refractivity contribution in [2.45, 2.75) is 11.8 Å². The Morgan fingerprint density at radius 1 is 1.53 bits per heavy atom. The number of aromatic nitrogens is 3. The molecule has 0 aliphatic heterocycles. The van der Waals surface area contributed by atoms with Gasteiger partial charge in [0, 0.05) is 4.90 Å². The fourth-order valence-electron chi connectivity index (χ4n) is 1.49. The molecule has 1 aromatic carbocycles. The molecular weight excluding hydrogens is 234 g/mol. The summed E-state index contributed by atoms with van der Waals surface area (Å²) in [5.41, 5.74) is 6.78. The lowest BCUT2D eigenvalue weighted by atomic mass is 10.2. The largest absolute Gasteiger partial charge is 0.366 e. The molecule has 2 aromatic rings. The van der Waals surface area contributed by atoms with Crippen molar-refractivity contribution in [3.63, 3.8) is 0 Å². The summed E-state index contributed by atoms with van der Waals surface area (Å²) < 4.78 is 1.52. The van der Waals surface area contributed by atoms with E-state index in [1.165, 1.54) is 11.0 Å². The van der Waals surface area contributed by atoms with E-state index < -0.39 is 0 Å². The second-order valence-corrected chi connectivity index (χ2v) is 4.55. The van der Waals surface area contributed by atoms with E-state index >= 15 is 0 Å². The van der Waals surface area contributed by atoms with E-state index in [0.717, 1.165) is 10.6 Å². The van der Waals surface area contributed by atoms with Crippen LogP contribution in [0.3, 0.4) is 0 Å². The smallest absolute Gasteiger partial charge is 0.239 e. The van der Waals surface area contributed by atoms with Gasteiger partial charge in [-0.15, -0.1) is 16.9 Å². The molecule has 0 bridgehead atoms. The SMILES string of the molecule is CCSc1cccc(-n2cnc(N)n2)c1C#N. The average Bonchev–Trinajstić information content (AvgIpc) is 2.76. The Morgan fingerprint density at radius 2 is 2.35 bits per heavy atom. The molecule has 0 aliphatic carbocycles. The van der Waals surface area contributed by atoms with Crippen molar-refractivity contribution in [3.8, 4) is 11.8 Å². The van der Waals surface area contributed by atoms with Gasteiger partial charge < -0.3 is 5.73 Å². The van der Waals surface area contributed by atoms with Crippen LogP contribution in [-0.2, 0) is 0 Å². The van der Waals surface area contributed by atoms with Gasteiger partial charge >= 0.3 is 0 Å². The summed E-state index contributed by atoms with van der Waals surface area (Å²) in [5, 5.41) is 13.3. The van der Waals surface area contributed by atoms with Crippen molar-refractivity contribution in [2.24, 2.45) is 0 Å². The molecule has 86 valence electrons. The first-order chi connectivity index (χ1) is 8.26. The van der Waals surface area contributed by atoms with Crippen molar-refractivity contribution in [3.05, 3.63) is 30.1 Å². The number of thioether (sulfide) groups is 1. The van der Waals surface area contributed by atoms with E-state index in [-0.39, 0.29) is 5.95 Å². The van der Waals surface area contributed by atoms with Crippen LogP contribution in [0.2, 0.25) is 0 Å². The summed E-state index contributed by atoms with van der Waals surface area (Å²) in [6.07, 6.45) is 1.51. The Hall–Kier alpha value is -2.00. The van der Waals surface area contributed by atoms with Crippen molar-refractivity contribution < 1.29 is 0 Å². The van der Waals surface area contributed by atoms with Crippen molar-refractivity contribution in [1.29, 1.82) is 5.26 Å². The summed E-state index contributed by atoms with van der Waals surface area (Å²) in [4.78, 5) is 4.80. The van der Waals surface area contributed by atoms with Crippen LogP contribution < -0.4 is 5.73 Å². The number of benzene rings is 1. The van der Waals surface area contributed by atoms with Gasteiger partial charge in [0.1, 0.15) is 12.4 Å². The molecule has 17 heavy (non-hydrogen) atoms. The topological polar surface area (TPSA) is 80.5 Å². The quantitative estimate of drug-likeness (QED) is 0.834. The number of nitrogen functional groups attached to an aromatic ring is 1. The van der Waals surface area contributed by atoms with Gasteiger partial charge in [0.25, 0.3) is 0 Å². The second kappa shape index (κ2) is 4.89. The van der Waals surface area contributed by atoms with Gasteiger partial charge in [0.2, 0.25) is 5.95 Å². The van der Waals surface area contributed by atoms with E-state index in [4.69, 9.17) is 5.73 Å². The highest BCUT2D eigenvalue weighted by Crippen LogP contribution is 2.26. The third-order valence-electron chi connectivity index (χ3n) is 2.17. The molecule has 0 radical (unpaired) electrons. The first-order valence-corrected chi connectivity index (χ1v) is 6.08. The van der Waals surface area contributed by atoms with Gasteiger partial charge in [-0.05, 0) is 17.9 Å². The highest BCUT2D eigenvalue weighted by molar-refractivity contribution is 7.99. The van der Waals surface area contributed by atoms with Crippen molar-refractivity contribution >= 4 is 17.7 Å². The number of nitriles is 1. The molecule has 2 rings (SSSR count). The molecule has 1 aromatic heterocycles. The number of hydrogen-bond acceptors (Lipinski definition) is 5. The van der Waals surface area contributed by atoms with Gasteiger partial charge in [-0.2, -0.15) is 5.26 Å². The van der Waals surface area contributed by atoms with Crippen LogP contribution in [0.4, 0.5) is 5.95 Å². The maximum atomic E-state index is 9.24. The predicted octanol–water partition coefficient (Wildman–Crippen LogP) is 1.83. The number of rotatable bonds is 3. The Bertz CT molecular complexity index is 569. The molecule has 2 N–H and O–H groups in total. The molecule has 1 heterocycles. The molecule has 0 aliphatic rings. The summed E-state index contributed by atoms with van der Waals surface area (Å²) >= 11 is 1.63. The lowest BCUT2D eigenvalue weighted by molar-refractivity contribution is 0.876. The van der Waals surface area contributed by atoms with E-state index in [9.17, 15) is 5.26 Å². The lowest BCUT2D eigenvalue weighted by Crippen LogP contribution is -2.00. The fourth-order valence-corrected chi connectivity index (χ4v) is 2.27. The zero-order chi connectivity index (χ0) is 12.3. The first kappa shape index (κ1) is 11.5. The number of anilines is 1. The molecule has 0 saturated heterocycles. The standard InChI is InChI=1S/C11H11N5S/c1-2-17-10-5-3-4-9(8(10)6-12)16-7-14-11(13)15-16/h3-5,7H,2H2,1H3,(H2,13,15). The summed E-state index contributed by atoms with van der Waals surface area (Å²) in [6.45, 7) is 2.05. The van der Waals surface area contributed by atoms with Crippen molar-refractivity contribution in [1.82, 2.24) is 14.8 Å². The molecule has 0 unspecified atom stereocenters. The van der Waals surface area contributed by atoms with E-state index in [0.29, 0.717) is 11.3 Å². The van der Waals surface area contributed by atoms with Crippen LogP contribution in [0.25, 0.3) is 5.69 Å². The van der Waals surface area contributed by atoms with Gasteiger partial charge in [0.05, 0.1) is 11.3 Å². The fraction of sp³-hybridized carbons (Fsp3) is 0.182. The second-order valence-electron chi connectivity index (χ2n) is 3.24. The molecule has 0 saturated carbocycles. The predicted molar refractivity (Wildman–Crippen MR) is 66.9 cm³/mol. The Labute approximate surface area is 103 Å². The van der Waals surface area contributed by atoms with E-state index in [1.807, 2.05) is 25.1 Å². The van der Waals surface area contributed by atoms with Gasteiger partial charge in [-0.1, -0.05) is 13.0 Å². The summed E-state index contributed by atoms with van der Waals surface area (Å²) in [5.74, 6) is 1.11.